The molecule has 0 bridgehead atoms. The van der Waals surface area contributed by atoms with E-state index in [-0.39, 0.29) is 5.75 Å². The van der Waals surface area contributed by atoms with Crippen LogP contribution in [-0.4, -0.2) is 14.2 Å². The Balaban J connectivity index is 3.03. The fourth-order valence-corrected chi connectivity index (χ4v) is 4.23. The van der Waals surface area contributed by atoms with Crippen molar-refractivity contribution in [1.29, 1.82) is 0 Å². The van der Waals surface area contributed by atoms with Crippen LogP contribution < -0.4 is 0 Å². The van der Waals surface area contributed by atoms with Gasteiger partial charge in [0.05, 0.1) is 5.75 Å². The van der Waals surface area contributed by atoms with E-state index in [9.17, 15) is 8.42 Å². The fourth-order valence-electron chi connectivity index (χ4n) is 3.35. The number of hydrogen-bond acceptors (Lipinski definition) is 2. The molecular formula is C21H43ClO2S. The summed E-state index contributed by atoms with van der Waals surface area (Å²) >= 11 is 0. The van der Waals surface area contributed by atoms with Crippen molar-refractivity contribution in [3.8, 4) is 0 Å². The first-order valence-electron chi connectivity index (χ1n) is 11.0. The van der Waals surface area contributed by atoms with Gasteiger partial charge in [-0.1, -0.05) is 122 Å². The van der Waals surface area contributed by atoms with Crippen molar-refractivity contribution >= 4 is 19.7 Å². The zero-order chi connectivity index (χ0) is 18.6. The van der Waals surface area contributed by atoms with Crippen LogP contribution in [-0.2, 0) is 9.05 Å². The molecule has 0 unspecified atom stereocenters. The van der Waals surface area contributed by atoms with Crippen LogP contribution in [0.25, 0.3) is 0 Å². The monoisotopic (exact) mass is 394 g/mol. The van der Waals surface area contributed by atoms with Crippen LogP contribution in [0.1, 0.15) is 129 Å². The minimum atomic E-state index is -3.27. The molecule has 0 fully saturated rings. The van der Waals surface area contributed by atoms with Crippen LogP contribution in [0.3, 0.4) is 0 Å². The number of hydrogen-bond donors (Lipinski definition) is 0. The summed E-state index contributed by atoms with van der Waals surface area (Å²) in [7, 11) is 1.91. The van der Waals surface area contributed by atoms with E-state index in [0.717, 1.165) is 12.8 Å². The van der Waals surface area contributed by atoms with E-state index in [1.165, 1.54) is 103 Å². The highest BCUT2D eigenvalue weighted by Crippen LogP contribution is 2.14. The van der Waals surface area contributed by atoms with E-state index in [4.69, 9.17) is 10.7 Å². The normalized spacial score (nSPS) is 11.9. The largest absolute Gasteiger partial charge is 0.232 e. The fraction of sp³-hybridized carbons (Fsp3) is 1.00. The molecule has 0 N–H and O–H groups in total. The average Bonchev–Trinajstić information content (AvgIpc) is 2.56. The van der Waals surface area contributed by atoms with E-state index in [2.05, 4.69) is 6.92 Å². The van der Waals surface area contributed by atoms with Gasteiger partial charge in [-0.2, -0.15) is 0 Å². The SMILES string of the molecule is CCCCCCCCCCCCCCCCCCCCCS(=O)(=O)Cl. The minimum absolute atomic E-state index is 0.132. The summed E-state index contributed by atoms with van der Waals surface area (Å²) in [6, 6.07) is 0. The van der Waals surface area contributed by atoms with Crippen LogP contribution in [0, 0.1) is 0 Å². The number of halogens is 1. The molecule has 0 amide bonds. The van der Waals surface area contributed by atoms with E-state index < -0.39 is 9.05 Å². The Kier molecular flexibility index (Phi) is 19.2. The van der Waals surface area contributed by atoms with Gasteiger partial charge in [0.15, 0.2) is 0 Å². The molecule has 2 nitrogen and oxygen atoms in total. The highest BCUT2D eigenvalue weighted by Gasteiger charge is 2.03. The molecule has 4 heteroatoms. The lowest BCUT2D eigenvalue weighted by molar-refractivity contribution is 0.524. The highest BCUT2D eigenvalue weighted by atomic mass is 35.7. The second kappa shape index (κ2) is 19.0. The molecule has 0 aromatic heterocycles. The first-order chi connectivity index (χ1) is 12.1. The lowest BCUT2D eigenvalue weighted by Crippen LogP contribution is -1.96. The third-order valence-corrected chi connectivity index (χ3v) is 6.23. The second-order valence-electron chi connectivity index (χ2n) is 7.61. The summed E-state index contributed by atoms with van der Waals surface area (Å²) in [5, 5.41) is 0. The summed E-state index contributed by atoms with van der Waals surface area (Å²) in [6.07, 6.45) is 25.1. The Morgan fingerprint density at radius 2 is 0.720 bits per heavy atom. The predicted octanol–water partition coefficient (Wildman–Crippen LogP) is 7.99. The zero-order valence-corrected chi connectivity index (χ0v) is 18.3. The first-order valence-corrected chi connectivity index (χ1v) is 13.5. The lowest BCUT2D eigenvalue weighted by Gasteiger charge is -2.04. The van der Waals surface area contributed by atoms with Crippen molar-refractivity contribution in [1.82, 2.24) is 0 Å². The van der Waals surface area contributed by atoms with Crippen molar-refractivity contribution in [2.45, 2.75) is 129 Å². The molecule has 0 aliphatic carbocycles. The Morgan fingerprint density at radius 3 is 0.960 bits per heavy atom. The van der Waals surface area contributed by atoms with Gasteiger partial charge in [-0.25, -0.2) is 8.42 Å². The van der Waals surface area contributed by atoms with Gasteiger partial charge in [-0.05, 0) is 6.42 Å². The van der Waals surface area contributed by atoms with Crippen LogP contribution >= 0.6 is 10.7 Å². The van der Waals surface area contributed by atoms with Crippen LogP contribution in [0.2, 0.25) is 0 Å². The predicted molar refractivity (Wildman–Crippen MR) is 113 cm³/mol. The Morgan fingerprint density at radius 1 is 0.480 bits per heavy atom. The molecule has 152 valence electrons. The van der Waals surface area contributed by atoms with Gasteiger partial charge < -0.3 is 0 Å². The van der Waals surface area contributed by atoms with Gasteiger partial charge in [-0.3, -0.25) is 0 Å². The van der Waals surface area contributed by atoms with Gasteiger partial charge >= 0.3 is 0 Å². The van der Waals surface area contributed by atoms with E-state index >= 15 is 0 Å². The third-order valence-electron chi connectivity index (χ3n) is 4.99. The van der Waals surface area contributed by atoms with Gasteiger partial charge in [0.2, 0.25) is 9.05 Å². The molecular weight excluding hydrogens is 352 g/mol. The first kappa shape index (κ1) is 25.2. The molecule has 0 atom stereocenters. The van der Waals surface area contributed by atoms with Crippen molar-refractivity contribution < 1.29 is 8.42 Å². The Labute approximate surface area is 162 Å². The van der Waals surface area contributed by atoms with E-state index in [1.807, 2.05) is 0 Å². The van der Waals surface area contributed by atoms with Crippen molar-refractivity contribution in [2.24, 2.45) is 0 Å². The smallest absolute Gasteiger partial charge is 0.212 e. The Bertz CT molecular complexity index is 355. The Hall–Kier alpha value is 0.240. The van der Waals surface area contributed by atoms with Gasteiger partial charge in [-0.15, -0.1) is 0 Å². The van der Waals surface area contributed by atoms with Crippen molar-refractivity contribution in [3.63, 3.8) is 0 Å². The van der Waals surface area contributed by atoms with Gasteiger partial charge in [0, 0.05) is 10.7 Å². The van der Waals surface area contributed by atoms with E-state index in [0.29, 0.717) is 6.42 Å². The maximum atomic E-state index is 10.8. The molecule has 25 heavy (non-hydrogen) atoms. The molecule has 0 saturated carbocycles. The molecule has 0 aliphatic heterocycles. The molecule has 0 aromatic rings. The number of unbranched alkanes of at least 4 members (excludes halogenated alkanes) is 18. The molecule has 0 heterocycles. The van der Waals surface area contributed by atoms with Crippen molar-refractivity contribution in [2.75, 3.05) is 5.75 Å². The summed E-state index contributed by atoms with van der Waals surface area (Å²) in [4.78, 5) is 0. The molecule has 0 aliphatic rings. The lowest BCUT2D eigenvalue weighted by atomic mass is 10.0. The van der Waals surface area contributed by atoms with Crippen LogP contribution in [0.5, 0.6) is 0 Å². The topological polar surface area (TPSA) is 34.1 Å². The molecule has 0 aromatic carbocycles. The molecule has 0 radical (unpaired) electrons. The summed E-state index contributed by atoms with van der Waals surface area (Å²) in [6.45, 7) is 2.28. The third kappa shape index (κ3) is 24.2. The standard InChI is InChI=1S/C21H43ClO2S/c1-2-3-4-5-6-7-8-9-10-11-12-13-14-15-16-17-18-19-20-21-25(22,23)24/h2-21H2,1H3. The highest BCUT2D eigenvalue weighted by molar-refractivity contribution is 8.13. The van der Waals surface area contributed by atoms with Gasteiger partial charge in [0.25, 0.3) is 0 Å². The summed E-state index contributed by atoms with van der Waals surface area (Å²) < 4.78 is 21.6. The number of rotatable bonds is 20. The van der Waals surface area contributed by atoms with E-state index in [1.54, 1.807) is 0 Å². The van der Waals surface area contributed by atoms with Crippen molar-refractivity contribution in [3.05, 3.63) is 0 Å². The molecule has 0 spiro atoms. The minimum Gasteiger partial charge on any atom is -0.212 e. The quantitative estimate of drug-likeness (QED) is 0.155. The maximum absolute atomic E-state index is 10.8. The van der Waals surface area contributed by atoms with Crippen LogP contribution in [0.4, 0.5) is 0 Å². The van der Waals surface area contributed by atoms with Crippen LogP contribution in [0.15, 0.2) is 0 Å². The average molecular weight is 395 g/mol. The molecule has 0 rings (SSSR count). The summed E-state index contributed by atoms with van der Waals surface area (Å²) in [5.41, 5.74) is 0. The molecule has 0 saturated heterocycles. The zero-order valence-electron chi connectivity index (χ0n) is 16.7. The second-order valence-corrected chi connectivity index (χ2v) is 10.5. The summed E-state index contributed by atoms with van der Waals surface area (Å²) in [5.74, 6) is 0.132. The van der Waals surface area contributed by atoms with Gasteiger partial charge in [0.1, 0.15) is 0 Å². The maximum Gasteiger partial charge on any atom is 0.232 e.